The minimum Gasteiger partial charge on any atom is -0.389 e. The van der Waals surface area contributed by atoms with E-state index in [2.05, 4.69) is 21.2 Å². The Labute approximate surface area is 109 Å². The van der Waals surface area contributed by atoms with Crippen molar-refractivity contribution in [2.45, 2.75) is 37.8 Å². The second kappa shape index (κ2) is 5.46. The molecule has 1 aromatic carbocycles. The highest BCUT2D eigenvalue weighted by Gasteiger charge is 2.30. The van der Waals surface area contributed by atoms with E-state index in [-0.39, 0.29) is 5.82 Å². The molecule has 0 bridgehead atoms. The lowest BCUT2D eigenvalue weighted by atomic mass is 10.0. The number of rotatable bonds is 4. The first kappa shape index (κ1) is 13.0. The molecule has 4 heteroatoms. The molecule has 2 N–H and O–H groups in total. The van der Waals surface area contributed by atoms with Gasteiger partial charge in [-0.2, -0.15) is 0 Å². The second-order valence-electron chi connectivity index (χ2n) is 4.75. The summed E-state index contributed by atoms with van der Waals surface area (Å²) in [5.74, 6) is -0.246. The topological polar surface area (TPSA) is 32.3 Å². The van der Waals surface area contributed by atoms with Crippen LogP contribution in [0, 0.1) is 5.82 Å². The fourth-order valence-electron chi connectivity index (χ4n) is 2.32. The summed E-state index contributed by atoms with van der Waals surface area (Å²) in [7, 11) is 0. The molecule has 0 amide bonds. The summed E-state index contributed by atoms with van der Waals surface area (Å²) in [6.07, 6.45) is 3.93. The Morgan fingerprint density at radius 3 is 2.76 bits per heavy atom. The van der Waals surface area contributed by atoms with E-state index in [4.69, 9.17) is 0 Å². The minimum atomic E-state index is -0.556. The molecular formula is C13H17BrFNO. The summed E-state index contributed by atoms with van der Waals surface area (Å²) in [6, 6.07) is 5.00. The molecule has 0 saturated heterocycles. The molecule has 1 saturated carbocycles. The largest absolute Gasteiger partial charge is 0.389 e. The van der Waals surface area contributed by atoms with Gasteiger partial charge in [-0.1, -0.05) is 25.0 Å². The van der Waals surface area contributed by atoms with Gasteiger partial charge in [0.05, 0.1) is 10.1 Å². The lowest BCUT2D eigenvalue weighted by Crippen LogP contribution is -2.37. The minimum absolute atomic E-state index is 0.246. The highest BCUT2D eigenvalue weighted by Crippen LogP contribution is 2.28. The molecule has 0 atom stereocenters. The van der Waals surface area contributed by atoms with Crippen molar-refractivity contribution in [3.63, 3.8) is 0 Å². The van der Waals surface area contributed by atoms with Crippen LogP contribution in [-0.2, 0) is 6.54 Å². The lowest BCUT2D eigenvalue weighted by Gasteiger charge is -2.22. The molecule has 1 fully saturated rings. The van der Waals surface area contributed by atoms with Gasteiger partial charge in [-0.05, 0) is 40.4 Å². The van der Waals surface area contributed by atoms with Crippen LogP contribution in [0.1, 0.15) is 31.2 Å². The van der Waals surface area contributed by atoms with Crippen molar-refractivity contribution >= 4 is 15.9 Å². The van der Waals surface area contributed by atoms with Gasteiger partial charge in [0, 0.05) is 13.1 Å². The third-order valence-electron chi connectivity index (χ3n) is 3.34. The molecule has 94 valence electrons. The van der Waals surface area contributed by atoms with E-state index in [0.29, 0.717) is 17.6 Å². The average molecular weight is 302 g/mol. The van der Waals surface area contributed by atoms with Crippen molar-refractivity contribution in [3.8, 4) is 0 Å². The molecule has 0 radical (unpaired) electrons. The molecule has 1 aromatic rings. The molecule has 0 heterocycles. The van der Waals surface area contributed by atoms with E-state index in [9.17, 15) is 9.50 Å². The first-order chi connectivity index (χ1) is 8.11. The van der Waals surface area contributed by atoms with E-state index in [0.717, 1.165) is 31.2 Å². The van der Waals surface area contributed by atoms with Gasteiger partial charge in [0.25, 0.3) is 0 Å². The lowest BCUT2D eigenvalue weighted by molar-refractivity contribution is 0.0474. The van der Waals surface area contributed by atoms with Crippen molar-refractivity contribution in [3.05, 3.63) is 34.1 Å². The van der Waals surface area contributed by atoms with Gasteiger partial charge in [-0.15, -0.1) is 0 Å². The predicted molar refractivity (Wildman–Crippen MR) is 69.2 cm³/mol. The van der Waals surface area contributed by atoms with Crippen molar-refractivity contribution in [1.82, 2.24) is 5.32 Å². The first-order valence-corrected chi connectivity index (χ1v) is 6.76. The highest BCUT2D eigenvalue weighted by atomic mass is 79.9. The summed E-state index contributed by atoms with van der Waals surface area (Å²) < 4.78 is 13.8. The molecule has 2 rings (SSSR count). The molecule has 1 aliphatic carbocycles. The summed E-state index contributed by atoms with van der Waals surface area (Å²) in [4.78, 5) is 0. The standard InChI is InChI=1S/C13H17BrFNO/c14-12-10(4-3-5-11(12)15)8-16-9-13(17)6-1-2-7-13/h3-5,16-17H,1-2,6-9H2. The molecule has 2 nitrogen and oxygen atoms in total. The third kappa shape index (κ3) is 3.27. The monoisotopic (exact) mass is 301 g/mol. The van der Waals surface area contributed by atoms with Crippen LogP contribution in [0.25, 0.3) is 0 Å². The maximum absolute atomic E-state index is 13.3. The zero-order valence-electron chi connectivity index (χ0n) is 9.68. The maximum Gasteiger partial charge on any atom is 0.137 e. The summed E-state index contributed by atoms with van der Waals surface area (Å²) in [6.45, 7) is 1.15. The van der Waals surface area contributed by atoms with Crippen molar-refractivity contribution in [2.75, 3.05) is 6.54 Å². The van der Waals surface area contributed by atoms with Crippen LogP contribution in [0.2, 0.25) is 0 Å². The fraction of sp³-hybridized carbons (Fsp3) is 0.538. The van der Waals surface area contributed by atoms with Gasteiger partial charge in [-0.25, -0.2) is 4.39 Å². The molecule has 1 aliphatic rings. The van der Waals surface area contributed by atoms with Gasteiger partial charge < -0.3 is 10.4 Å². The van der Waals surface area contributed by atoms with Crippen LogP contribution in [0.15, 0.2) is 22.7 Å². The first-order valence-electron chi connectivity index (χ1n) is 5.97. The highest BCUT2D eigenvalue weighted by molar-refractivity contribution is 9.10. The molecule has 0 unspecified atom stereocenters. The van der Waals surface area contributed by atoms with Gasteiger partial charge in [-0.3, -0.25) is 0 Å². The van der Waals surface area contributed by atoms with Crippen molar-refractivity contribution in [2.24, 2.45) is 0 Å². The van der Waals surface area contributed by atoms with Crippen molar-refractivity contribution < 1.29 is 9.50 Å². The van der Waals surface area contributed by atoms with Crippen LogP contribution in [0.5, 0.6) is 0 Å². The van der Waals surface area contributed by atoms with E-state index in [1.165, 1.54) is 6.07 Å². The van der Waals surface area contributed by atoms with E-state index in [1.807, 2.05) is 6.07 Å². The summed E-state index contributed by atoms with van der Waals surface area (Å²) in [5, 5.41) is 13.4. The third-order valence-corrected chi connectivity index (χ3v) is 4.22. The smallest absolute Gasteiger partial charge is 0.137 e. The Hall–Kier alpha value is -0.450. The SMILES string of the molecule is OC1(CNCc2cccc(F)c2Br)CCCC1. The van der Waals surface area contributed by atoms with Gasteiger partial charge in [0.15, 0.2) is 0 Å². The number of hydrogen-bond donors (Lipinski definition) is 2. The average Bonchev–Trinajstić information content (AvgIpc) is 2.72. The molecule has 0 spiro atoms. The molecule has 17 heavy (non-hydrogen) atoms. The number of halogens is 2. The van der Waals surface area contributed by atoms with Crippen LogP contribution < -0.4 is 5.32 Å². The number of aliphatic hydroxyl groups is 1. The zero-order chi connectivity index (χ0) is 12.3. The Bertz CT molecular complexity index is 391. The molecular weight excluding hydrogens is 285 g/mol. The van der Waals surface area contributed by atoms with Gasteiger partial charge in [0.2, 0.25) is 0 Å². The second-order valence-corrected chi connectivity index (χ2v) is 5.54. The van der Waals surface area contributed by atoms with E-state index in [1.54, 1.807) is 6.07 Å². The van der Waals surface area contributed by atoms with Crippen LogP contribution in [0.3, 0.4) is 0 Å². The van der Waals surface area contributed by atoms with Gasteiger partial charge >= 0.3 is 0 Å². The number of hydrogen-bond acceptors (Lipinski definition) is 2. The van der Waals surface area contributed by atoms with Crippen molar-refractivity contribution in [1.29, 1.82) is 0 Å². The van der Waals surface area contributed by atoms with E-state index < -0.39 is 5.60 Å². The van der Waals surface area contributed by atoms with Crippen LogP contribution in [0.4, 0.5) is 4.39 Å². The fourth-order valence-corrected chi connectivity index (χ4v) is 2.73. The summed E-state index contributed by atoms with van der Waals surface area (Å²) in [5.41, 5.74) is 0.325. The molecule has 0 aromatic heterocycles. The molecule has 0 aliphatic heterocycles. The number of nitrogens with one attached hydrogen (secondary N) is 1. The van der Waals surface area contributed by atoms with Crippen LogP contribution in [-0.4, -0.2) is 17.3 Å². The quantitative estimate of drug-likeness (QED) is 0.896. The van der Waals surface area contributed by atoms with Crippen LogP contribution >= 0.6 is 15.9 Å². The summed E-state index contributed by atoms with van der Waals surface area (Å²) >= 11 is 3.23. The van der Waals surface area contributed by atoms with E-state index >= 15 is 0 Å². The maximum atomic E-state index is 13.3. The normalized spacial score (nSPS) is 18.5. The van der Waals surface area contributed by atoms with Gasteiger partial charge in [0.1, 0.15) is 5.82 Å². The zero-order valence-corrected chi connectivity index (χ0v) is 11.3. The predicted octanol–water partition coefficient (Wildman–Crippen LogP) is 2.98. The Morgan fingerprint density at radius 2 is 2.06 bits per heavy atom. The number of benzene rings is 1. The Kier molecular flexibility index (Phi) is 4.17. The Morgan fingerprint density at radius 1 is 1.35 bits per heavy atom. The Balaban J connectivity index is 1.88.